The summed E-state index contributed by atoms with van der Waals surface area (Å²) in [5, 5.41) is 0. The zero-order chi connectivity index (χ0) is 14.3. The molecule has 2 heterocycles. The van der Waals surface area contributed by atoms with Crippen molar-refractivity contribution in [2.75, 3.05) is 11.4 Å². The summed E-state index contributed by atoms with van der Waals surface area (Å²) in [7, 11) is 0. The summed E-state index contributed by atoms with van der Waals surface area (Å²) in [5.74, 6) is -1.63. The second-order valence-electron chi connectivity index (χ2n) is 5.75. The summed E-state index contributed by atoms with van der Waals surface area (Å²) in [4.78, 5) is 11.3. The topological polar surface area (TPSA) is 29.0 Å². The van der Waals surface area contributed by atoms with Crippen LogP contribution in [0, 0.1) is 13.8 Å². The molecule has 0 radical (unpaired) electrons. The van der Waals surface area contributed by atoms with Crippen LogP contribution in [0.5, 0.6) is 0 Å². The Morgan fingerprint density at radius 3 is 2.50 bits per heavy atom. The molecule has 0 bridgehead atoms. The molecule has 0 unspecified atom stereocenters. The zero-order valence-electron chi connectivity index (χ0n) is 11.9. The van der Waals surface area contributed by atoms with E-state index in [9.17, 15) is 8.78 Å². The first-order valence-corrected chi connectivity index (χ1v) is 7.12. The maximum absolute atomic E-state index is 13.3. The molecule has 1 aliphatic carbocycles. The Morgan fingerprint density at radius 1 is 1.15 bits per heavy atom. The predicted octanol–water partition coefficient (Wildman–Crippen LogP) is 3.50. The highest BCUT2D eigenvalue weighted by molar-refractivity contribution is 5.65. The van der Waals surface area contributed by atoms with Crippen LogP contribution in [0.2, 0.25) is 0 Å². The van der Waals surface area contributed by atoms with Crippen LogP contribution in [0.3, 0.4) is 0 Å². The lowest BCUT2D eigenvalue weighted by Gasteiger charge is -2.38. The van der Waals surface area contributed by atoms with Crippen LogP contribution in [-0.2, 0) is 0 Å². The number of aromatic nitrogens is 2. The smallest absolute Gasteiger partial charge is 0.248 e. The van der Waals surface area contributed by atoms with Crippen molar-refractivity contribution in [1.82, 2.24) is 9.97 Å². The lowest BCUT2D eigenvalue weighted by Crippen LogP contribution is -2.42. The second kappa shape index (κ2) is 4.79. The fourth-order valence-electron chi connectivity index (χ4n) is 2.95. The predicted molar refractivity (Wildman–Crippen MR) is 75.1 cm³/mol. The molecule has 0 amide bonds. The minimum Gasteiger partial charge on any atom is -0.348 e. The fraction of sp³-hybridized carbons (Fsp3) is 0.600. The van der Waals surface area contributed by atoms with Crippen LogP contribution in [0.1, 0.15) is 42.8 Å². The summed E-state index contributed by atoms with van der Waals surface area (Å²) < 4.78 is 26.6. The molecule has 1 aromatic rings. The van der Waals surface area contributed by atoms with E-state index in [1.807, 2.05) is 26.0 Å². The van der Waals surface area contributed by atoms with Gasteiger partial charge in [-0.2, -0.15) is 0 Å². The van der Waals surface area contributed by atoms with Gasteiger partial charge in [-0.1, -0.05) is 6.08 Å². The number of fused-ring (bicyclic) bond motifs is 1. The molecule has 1 aliphatic heterocycles. The van der Waals surface area contributed by atoms with Crippen LogP contribution in [-0.4, -0.2) is 28.5 Å². The third kappa shape index (κ3) is 2.41. The van der Waals surface area contributed by atoms with Gasteiger partial charge in [-0.25, -0.2) is 18.7 Å². The third-order valence-electron chi connectivity index (χ3n) is 4.29. The van der Waals surface area contributed by atoms with Crippen LogP contribution in [0.15, 0.2) is 6.08 Å². The van der Waals surface area contributed by atoms with Gasteiger partial charge >= 0.3 is 0 Å². The molecule has 3 rings (SSSR count). The summed E-state index contributed by atoms with van der Waals surface area (Å²) in [5.41, 5.74) is 2.69. The molecule has 1 fully saturated rings. The highest BCUT2D eigenvalue weighted by atomic mass is 19.3. The van der Waals surface area contributed by atoms with Crippen molar-refractivity contribution >= 4 is 11.9 Å². The Labute approximate surface area is 117 Å². The SMILES string of the molecule is Cc1nc2c(nc1C)N(C1CCC(F)(F)CC1)CC=C2. The minimum atomic E-state index is -2.49. The fourth-order valence-corrected chi connectivity index (χ4v) is 2.95. The number of hydrogen-bond donors (Lipinski definition) is 0. The van der Waals surface area contributed by atoms with Gasteiger partial charge in [-0.3, -0.25) is 0 Å². The Hall–Kier alpha value is -1.52. The first-order valence-electron chi connectivity index (χ1n) is 7.12. The van der Waals surface area contributed by atoms with Gasteiger partial charge in [0, 0.05) is 25.4 Å². The van der Waals surface area contributed by atoms with Crippen molar-refractivity contribution in [3.05, 3.63) is 23.2 Å². The standard InChI is InChI=1S/C15H19F2N3/c1-10-11(2)19-14-13(18-10)4-3-9-20(14)12-5-7-15(16,17)8-6-12/h3-4,12H,5-9H2,1-2H3. The molecule has 0 saturated heterocycles. The number of halogens is 2. The van der Waals surface area contributed by atoms with E-state index in [1.165, 1.54) is 0 Å². The number of nitrogens with zero attached hydrogens (tertiary/aromatic N) is 3. The summed E-state index contributed by atoms with van der Waals surface area (Å²) >= 11 is 0. The Balaban J connectivity index is 1.87. The van der Waals surface area contributed by atoms with Crippen LogP contribution in [0.4, 0.5) is 14.6 Å². The van der Waals surface area contributed by atoms with Gasteiger partial charge in [0.25, 0.3) is 0 Å². The molecule has 1 aromatic heterocycles. The molecule has 0 spiro atoms. The molecule has 20 heavy (non-hydrogen) atoms. The number of anilines is 1. The highest BCUT2D eigenvalue weighted by Crippen LogP contribution is 2.37. The van der Waals surface area contributed by atoms with E-state index in [-0.39, 0.29) is 18.9 Å². The van der Waals surface area contributed by atoms with E-state index >= 15 is 0 Å². The Morgan fingerprint density at radius 2 is 1.80 bits per heavy atom. The number of hydrogen-bond acceptors (Lipinski definition) is 3. The highest BCUT2D eigenvalue weighted by Gasteiger charge is 2.38. The molecule has 0 atom stereocenters. The number of rotatable bonds is 1. The van der Waals surface area contributed by atoms with Gasteiger partial charge in [0.1, 0.15) is 5.69 Å². The molecule has 0 N–H and O–H groups in total. The van der Waals surface area contributed by atoms with E-state index < -0.39 is 5.92 Å². The van der Waals surface area contributed by atoms with E-state index in [0.717, 1.165) is 29.4 Å². The summed E-state index contributed by atoms with van der Waals surface area (Å²) in [6.07, 6.45) is 5.02. The molecule has 2 aliphatic rings. The normalized spacial score (nSPS) is 21.9. The number of alkyl halides is 2. The van der Waals surface area contributed by atoms with Crippen LogP contribution in [0.25, 0.3) is 6.08 Å². The van der Waals surface area contributed by atoms with Gasteiger partial charge in [-0.15, -0.1) is 0 Å². The Bertz CT molecular complexity index is 544. The monoisotopic (exact) mass is 279 g/mol. The molecule has 5 heteroatoms. The lowest BCUT2D eigenvalue weighted by atomic mass is 9.90. The molecule has 1 saturated carbocycles. The van der Waals surface area contributed by atoms with E-state index in [1.54, 1.807) is 0 Å². The van der Waals surface area contributed by atoms with E-state index in [2.05, 4.69) is 14.9 Å². The molecule has 0 aromatic carbocycles. The average molecular weight is 279 g/mol. The first kappa shape index (κ1) is 13.5. The first-order chi connectivity index (χ1) is 9.46. The van der Waals surface area contributed by atoms with Crippen molar-refractivity contribution in [3.63, 3.8) is 0 Å². The van der Waals surface area contributed by atoms with E-state index in [0.29, 0.717) is 12.8 Å². The van der Waals surface area contributed by atoms with Gasteiger partial charge in [0.2, 0.25) is 5.92 Å². The van der Waals surface area contributed by atoms with Crippen LogP contribution >= 0.6 is 0 Å². The lowest BCUT2D eigenvalue weighted by molar-refractivity contribution is -0.0380. The van der Waals surface area contributed by atoms with Gasteiger partial charge < -0.3 is 4.90 Å². The zero-order valence-corrected chi connectivity index (χ0v) is 11.9. The van der Waals surface area contributed by atoms with Gasteiger partial charge in [0.05, 0.1) is 11.4 Å². The van der Waals surface area contributed by atoms with Crippen molar-refractivity contribution in [3.8, 4) is 0 Å². The van der Waals surface area contributed by atoms with Crippen LogP contribution < -0.4 is 4.90 Å². The van der Waals surface area contributed by atoms with Crippen molar-refractivity contribution < 1.29 is 8.78 Å². The molecule has 3 nitrogen and oxygen atoms in total. The Kier molecular flexibility index (Phi) is 3.22. The largest absolute Gasteiger partial charge is 0.348 e. The average Bonchev–Trinajstić information content (AvgIpc) is 2.40. The second-order valence-corrected chi connectivity index (χ2v) is 5.75. The third-order valence-corrected chi connectivity index (χ3v) is 4.29. The summed E-state index contributed by atoms with van der Waals surface area (Å²) in [6.45, 7) is 4.62. The summed E-state index contributed by atoms with van der Waals surface area (Å²) in [6, 6.07) is 0.148. The van der Waals surface area contributed by atoms with Gasteiger partial charge in [-0.05, 0) is 32.8 Å². The molecular weight excluding hydrogens is 260 g/mol. The molecule has 108 valence electrons. The van der Waals surface area contributed by atoms with Gasteiger partial charge in [0.15, 0.2) is 5.82 Å². The number of aryl methyl sites for hydroxylation is 2. The maximum atomic E-state index is 13.3. The van der Waals surface area contributed by atoms with Crippen molar-refractivity contribution in [1.29, 1.82) is 0 Å². The minimum absolute atomic E-state index is 0.0223. The van der Waals surface area contributed by atoms with E-state index in [4.69, 9.17) is 0 Å². The maximum Gasteiger partial charge on any atom is 0.248 e. The van der Waals surface area contributed by atoms with Crippen molar-refractivity contribution in [2.45, 2.75) is 51.5 Å². The van der Waals surface area contributed by atoms with Crippen molar-refractivity contribution in [2.24, 2.45) is 0 Å². The molecular formula is C15H19F2N3. The quantitative estimate of drug-likeness (QED) is 0.787.